The Balaban J connectivity index is 1.60. The van der Waals surface area contributed by atoms with Crippen molar-refractivity contribution in [2.75, 3.05) is 20.8 Å². The Morgan fingerprint density at radius 1 is 1.22 bits per heavy atom. The number of benzene rings is 1. The highest BCUT2D eigenvalue weighted by atomic mass is 16.5. The number of hydrogen-bond donors (Lipinski definition) is 2. The smallest absolute Gasteiger partial charge is 0.252 e. The van der Waals surface area contributed by atoms with Gasteiger partial charge in [-0.05, 0) is 43.0 Å². The molecule has 2 heterocycles. The summed E-state index contributed by atoms with van der Waals surface area (Å²) in [6.45, 7) is 4.57. The lowest BCUT2D eigenvalue weighted by Gasteiger charge is -2.14. The van der Waals surface area contributed by atoms with Crippen LogP contribution in [0.1, 0.15) is 28.5 Å². The minimum Gasteiger partial charge on any atom is -0.493 e. The zero-order valence-corrected chi connectivity index (χ0v) is 16.0. The van der Waals surface area contributed by atoms with Gasteiger partial charge >= 0.3 is 0 Å². The molecule has 0 fully saturated rings. The van der Waals surface area contributed by atoms with E-state index in [1.54, 1.807) is 20.4 Å². The van der Waals surface area contributed by atoms with Crippen molar-refractivity contribution < 1.29 is 14.3 Å². The third kappa shape index (κ3) is 4.19. The quantitative estimate of drug-likeness (QED) is 0.669. The van der Waals surface area contributed by atoms with Crippen LogP contribution in [0.4, 0.5) is 0 Å². The van der Waals surface area contributed by atoms with Crippen molar-refractivity contribution in [2.24, 2.45) is 5.92 Å². The maximum Gasteiger partial charge on any atom is 0.252 e. The molecule has 7 nitrogen and oxygen atoms in total. The molecular formula is C20H24N4O3. The van der Waals surface area contributed by atoms with E-state index in [0.717, 1.165) is 23.1 Å². The Kier molecular flexibility index (Phi) is 5.59. The predicted molar refractivity (Wildman–Crippen MR) is 103 cm³/mol. The molecule has 142 valence electrons. The van der Waals surface area contributed by atoms with Gasteiger partial charge in [0.15, 0.2) is 17.1 Å². The number of carbonyl (C=O) groups is 1. The third-order valence-electron chi connectivity index (χ3n) is 4.51. The van der Waals surface area contributed by atoms with Gasteiger partial charge in [-0.3, -0.25) is 9.89 Å². The number of ether oxygens (including phenoxy) is 2. The van der Waals surface area contributed by atoms with E-state index >= 15 is 0 Å². The summed E-state index contributed by atoms with van der Waals surface area (Å²) in [4.78, 5) is 16.7. The summed E-state index contributed by atoms with van der Waals surface area (Å²) < 4.78 is 10.6. The largest absolute Gasteiger partial charge is 0.493 e. The Labute approximate surface area is 158 Å². The van der Waals surface area contributed by atoms with Crippen LogP contribution in [-0.2, 0) is 6.42 Å². The first-order valence-electron chi connectivity index (χ1n) is 8.81. The van der Waals surface area contributed by atoms with Crippen molar-refractivity contribution in [3.63, 3.8) is 0 Å². The van der Waals surface area contributed by atoms with E-state index in [1.165, 1.54) is 0 Å². The number of H-pyrrole nitrogens is 1. The predicted octanol–water partition coefficient (Wildman–Crippen LogP) is 2.89. The van der Waals surface area contributed by atoms with Gasteiger partial charge in [0.1, 0.15) is 0 Å². The van der Waals surface area contributed by atoms with Crippen molar-refractivity contribution in [2.45, 2.75) is 20.3 Å². The molecule has 1 unspecified atom stereocenters. The molecule has 27 heavy (non-hydrogen) atoms. The number of aromatic amines is 1. The number of pyridine rings is 1. The summed E-state index contributed by atoms with van der Waals surface area (Å²) in [7, 11) is 3.24. The number of nitrogens with one attached hydrogen (secondary N) is 2. The summed E-state index contributed by atoms with van der Waals surface area (Å²) >= 11 is 0. The van der Waals surface area contributed by atoms with Crippen molar-refractivity contribution in [3.8, 4) is 11.5 Å². The van der Waals surface area contributed by atoms with Crippen molar-refractivity contribution in [1.82, 2.24) is 20.5 Å². The average Bonchev–Trinajstić information content (AvgIpc) is 3.06. The van der Waals surface area contributed by atoms with E-state index in [4.69, 9.17) is 9.47 Å². The second-order valence-electron chi connectivity index (χ2n) is 6.65. The lowest BCUT2D eigenvalue weighted by molar-refractivity contribution is 0.0948. The molecule has 0 bridgehead atoms. The fourth-order valence-electron chi connectivity index (χ4n) is 2.99. The second-order valence-corrected chi connectivity index (χ2v) is 6.65. The van der Waals surface area contributed by atoms with Gasteiger partial charge in [0.05, 0.1) is 19.8 Å². The standard InChI is InChI=1S/C20H24N4O3/c1-12(7-14-5-6-17(26-3)18(8-14)27-4)10-22-20(25)15-9-16-13(2)23-24-19(16)21-11-15/h5-6,8-9,11-12H,7,10H2,1-4H3,(H,22,25)(H,21,23,24). The number of hydrogen-bond acceptors (Lipinski definition) is 5. The van der Waals surface area contributed by atoms with Gasteiger partial charge in [-0.2, -0.15) is 5.10 Å². The highest BCUT2D eigenvalue weighted by Gasteiger charge is 2.13. The lowest BCUT2D eigenvalue weighted by atomic mass is 10.0. The maximum atomic E-state index is 12.4. The summed E-state index contributed by atoms with van der Waals surface area (Å²) in [5, 5.41) is 10.8. The van der Waals surface area contributed by atoms with E-state index in [1.807, 2.05) is 31.2 Å². The zero-order valence-electron chi connectivity index (χ0n) is 16.0. The molecule has 0 saturated heterocycles. The molecule has 0 radical (unpaired) electrons. The molecule has 2 aromatic heterocycles. The molecule has 1 atom stereocenters. The molecule has 0 aliphatic heterocycles. The van der Waals surface area contributed by atoms with E-state index in [0.29, 0.717) is 29.3 Å². The van der Waals surface area contributed by atoms with Gasteiger partial charge in [-0.25, -0.2) is 4.98 Å². The van der Waals surface area contributed by atoms with Crippen LogP contribution >= 0.6 is 0 Å². The number of aryl methyl sites for hydroxylation is 1. The van der Waals surface area contributed by atoms with Crippen LogP contribution in [0.5, 0.6) is 11.5 Å². The zero-order chi connectivity index (χ0) is 19.4. The number of nitrogens with zero attached hydrogens (tertiary/aromatic N) is 2. The van der Waals surface area contributed by atoms with Gasteiger partial charge in [-0.1, -0.05) is 13.0 Å². The highest BCUT2D eigenvalue weighted by Crippen LogP contribution is 2.28. The highest BCUT2D eigenvalue weighted by molar-refractivity contribution is 5.97. The lowest BCUT2D eigenvalue weighted by Crippen LogP contribution is -2.29. The molecule has 2 N–H and O–H groups in total. The molecule has 3 rings (SSSR count). The monoisotopic (exact) mass is 368 g/mol. The average molecular weight is 368 g/mol. The van der Waals surface area contributed by atoms with Gasteiger partial charge < -0.3 is 14.8 Å². The van der Waals surface area contributed by atoms with E-state index < -0.39 is 0 Å². The summed E-state index contributed by atoms with van der Waals surface area (Å²) in [6.07, 6.45) is 2.37. The van der Waals surface area contributed by atoms with Crippen LogP contribution in [-0.4, -0.2) is 41.9 Å². The van der Waals surface area contributed by atoms with Gasteiger partial charge in [0.25, 0.3) is 5.91 Å². The fraction of sp³-hybridized carbons (Fsp3) is 0.350. The Hall–Kier alpha value is -3.09. The fourth-order valence-corrected chi connectivity index (χ4v) is 2.99. The maximum absolute atomic E-state index is 12.4. The van der Waals surface area contributed by atoms with Crippen LogP contribution in [0, 0.1) is 12.8 Å². The number of methoxy groups -OCH3 is 2. The molecule has 1 aromatic carbocycles. The van der Waals surface area contributed by atoms with Crippen molar-refractivity contribution >= 4 is 16.9 Å². The molecule has 7 heteroatoms. The van der Waals surface area contributed by atoms with Crippen LogP contribution in [0.25, 0.3) is 11.0 Å². The van der Waals surface area contributed by atoms with Crippen LogP contribution < -0.4 is 14.8 Å². The molecule has 1 amide bonds. The minimum absolute atomic E-state index is 0.135. The SMILES string of the molecule is COc1ccc(CC(C)CNC(=O)c2cnc3n[nH]c(C)c3c2)cc1OC. The van der Waals surface area contributed by atoms with Crippen LogP contribution in [0.3, 0.4) is 0 Å². The number of aromatic nitrogens is 3. The molecule has 0 aliphatic carbocycles. The van der Waals surface area contributed by atoms with Crippen LogP contribution in [0.2, 0.25) is 0 Å². The molecule has 0 aliphatic rings. The number of carbonyl (C=O) groups excluding carboxylic acids is 1. The molecular weight excluding hydrogens is 344 g/mol. The van der Waals surface area contributed by atoms with E-state index in [2.05, 4.69) is 27.4 Å². The molecule has 0 saturated carbocycles. The first-order valence-corrected chi connectivity index (χ1v) is 8.81. The van der Waals surface area contributed by atoms with Gasteiger partial charge in [0.2, 0.25) is 0 Å². The summed E-state index contributed by atoms with van der Waals surface area (Å²) in [5.74, 6) is 1.55. The number of amides is 1. The van der Waals surface area contributed by atoms with Crippen molar-refractivity contribution in [3.05, 3.63) is 47.3 Å². The number of fused-ring (bicyclic) bond motifs is 1. The Morgan fingerprint density at radius 3 is 2.74 bits per heavy atom. The topological polar surface area (TPSA) is 89.1 Å². The van der Waals surface area contributed by atoms with Crippen LogP contribution in [0.15, 0.2) is 30.5 Å². The summed E-state index contributed by atoms with van der Waals surface area (Å²) in [6, 6.07) is 7.69. The number of rotatable bonds is 7. The summed E-state index contributed by atoms with van der Waals surface area (Å²) in [5.41, 5.74) is 3.18. The third-order valence-corrected chi connectivity index (χ3v) is 4.51. The normalized spacial score (nSPS) is 12.0. The molecule has 3 aromatic rings. The minimum atomic E-state index is -0.135. The first kappa shape index (κ1) is 18.7. The Morgan fingerprint density at radius 2 is 2.00 bits per heavy atom. The first-order chi connectivity index (χ1) is 13.0. The van der Waals surface area contributed by atoms with E-state index in [9.17, 15) is 4.79 Å². The molecule has 0 spiro atoms. The van der Waals surface area contributed by atoms with E-state index in [-0.39, 0.29) is 11.8 Å². The second kappa shape index (κ2) is 8.07. The van der Waals surface area contributed by atoms with Gasteiger partial charge in [0, 0.05) is 23.8 Å². The van der Waals surface area contributed by atoms with Gasteiger partial charge in [-0.15, -0.1) is 0 Å². The van der Waals surface area contributed by atoms with Crippen molar-refractivity contribution in [1.29, 1.82) is 0 Å². The Bertz CT molecular complexity index is 952.